The Balaban J connectivity index is 1.02. The van der Waals surface area contributed by atoms with E-state index in [-0.39, 0.29) is 0 Å². The largest absolute Gasteiger partial charge is 0.309 e. The number of rotatable bonds is 7. The predicted octanol–water partition coefficient (Wildman–Crippen LogP) is 12.0. The molecule has 12 rings (SSSR count). The Morgan fingerprint density at radius 3 is 1.23 bits per heavy atom. The molecule has 0 atom stereocenters. The smallest absolute Gasteiger partial charge is 0.238 e. The van der Waals surface area contributed by atoms with Crippen molar-refractivity contribution in [1.29, 1.82) is 0 Å². The molecular formula is C53H33N9. The summed E-state index contributed by atoms with van der Waals surface area (Å²) in [6.45, 7) is 0. The lowest BCUT2D eigenvalue weighted by Crippen LogP contribution is -2.06. The Bertz CT molecular complexity index is 3260. The number of nitrogens with zero attached hydrogens (tertiary/aromatic N) is 9. The van der Waals surface area contributed by atoms with Gasteiger partial charge < -0.3 is 4.57 Å². The fourth-order valence-corrected chi connectivity index (χ4v) is 8.59. The molecule has 0 fully saturated rings. The second-order valence-corrected chi connectivity index (χ2v) is 15.1. The van der Waals surface area contributed by atoms with Crippen LogP contribution in [0.4, 0.5) is 0 Å². The summed E-state index contributed by atoms with van der Waals surface area (Å²) < 4.78 is 4.47. The summed E-state index contributed by atoms with van der Waals surface area (Å²) in [7, 11) is 0. The van der Waals surface area contributed by atoms with Gasteiger partial charge in [0, 0.05) is 74.3 Å². The van der Waals surface area contributed by atoms with Gasteiger partial charge in [0.25, 0.3) is 0 Å². The van der Waals surface area contributed by atoms with Gasteiger partial charge in [-0.3, -0.25) is 4.57 Å². The van der Waals surface area contributed by atoms with Crippen LogP contribution in [0.2, 0.25) is 0 Å². The van der Waals surface area contributed by atoms with Crippen LogP contribution in [0.15, 0.2) is 201 Å². The lowest BCUT2D eigenvalue weighted by atomic mass is 10.0. The van der Waals surface area contributed by atoms with Gasteiger partial charge in [-0.1, -0.05) is 109 Å². The van der Waals surface area contributed by atoms with Crippen LogP contribution in [-0.4, -0.2) is 44.0 Å². The van der Waals surface area contributed by atoms with E-state index in [1.807, 2.05) is 72.8 Å². The van der Waals surface area contributed by atoms with Crippen LogP contribution in [0.3, 0.4) is 0 Å². The highest BCUT2D eigenvalue weighted by atomic mass is 15.2. The van der Waals surface area contributed by atoms with Crippen LogP contribution in [0.5, 0.6) is 0 Å². The summed E-state index contributed by atoms with van der Waals surface area (Å²) in [6.07, 6.45) is 7.06. The van der Waals surface area contributed by atoms with E-state index in [2.05, 4.69) is 132 Å². The average molecular weight is 796 g/mol. The molecule has 0 unspecified atom stereocenters. The van der Waals surface area contributed by atoms with Gasteiger partial charge in [-0.25, -0.2) is 24.9 Å². The van der Waals surface area contributed by atoms with E-state index in [1.165, 1.54) is 0 Å². The molecule has 0 aliphatic carbocycles. The van der Waals surface area contributed by atoms with Crippen LogP contribution in [0.25, 0.3) is 112 Å². The summed E-state index contributed by atoms with van der Waals surface area (Å²) in [5, 5.41) is 4.52. The highest BCUT2D eigenvalue weighted by Crippen LogP contribution is 2.39. The third-order valence-electron chi connectivity index (χ3n) is 11.4. The number of hydrogen-bond acceptors (Lipinski definition) is 7. The summed E-state index contributed by atoms with van der Waals surface area (Å²) in [5.74, 6) is 3.07. The number of benzene rings is 7. The maximum Gasteiger partial charge on any atom is 0.238 e. The first-order valence-electron chi connectivity index (χ1n) is 20.4. The van der Waals surface area contributed by atoms with Gasteiger partial charge in [0.05, 0.1) is 22.1 Å². The maximum absolute atomic E-state index is 5.11. The van der Waals surface area contributed by atoms with Crippen molar-refractivity contribution in [3.63, 3.8) is 0 Å². The Hall–Kier alpha value is -8.69. The third kappa shape index (κ3) is 5.98. The van der Waals surface area contributed by atoms with E-state index in [1.54, 1.807) is 24.8 Å². The molecule has 7 aromatic carbocycles. The fourth-order valence-electron chi connectivity index (χ4n) is 8.59. The molecule has 9 nitrogen and oxygen atoms in total. The van der Waals surface area contributed by atoms with Crippen molar-refractivity contribution in [3.05, 3.63) is 201 Å². The number of aromatic nitrogens is 9. The van der Waals surface area contributed by atoms with Crippen LogP contribution in [0.1, 0.15) is 0 Å². The quantitative estimate of drug-likeness (QED) is 0.158. The van der Waals surface area contributed by atoms with E-state index in [0.717, 1.165) is 82.7 Å². The number of hydrogen-bond donors (Lipinski definition) is 0. The Labute approximate surface area is 355 Å². The predicted molar refractivity (Wildman–Crippen MR) is 247 cm³/mol. The van der Waals surface area contributed by atoms with Crippen LogP contribution >= 0.6 is 0 Å². The van der Waals surface area contributed by atoms with Crippen molar-refractivity contribution >= 4 is 43.6 Å². The first kappa shape index (κ1) is 35.3. The zero-order valence-corrected chi connectivity index (χ0v) is 33.1. The van der Waals surface area contributed by atoms with Gasteiger partial charge in [-0.2, -0.15) is 9.97 Å². The molecule has 0 saturated heterocycles. The average Bonchev–Trinajstić information content (AvgIpc) is 3.87. The van der Waals surface area contributed by atoms with Gasteiger partial charge in [0.1, 0.15) is 0 Å². The maximum atomic E-state index is 5.11. The minimum atomic E-state index is 0.566. The molecule has 0 radical (unpaired) electrons. The topological polar surface area (TPSA) is 100 Å². The number of fused-ring (bicyclic) bond motifs is 6. The fraction of sp³-hybridized carbons (Fsp3) is 0. The van der Waals surface area contributed by atoms with Crippen molar-refractivity contribution in [2.24, 2.45) is 0 Å². The van der Waals surface area contributed by atoms with Gasteiger partial charge in [-0.05, 0) is 77.9 Å². The normalized spacial score (nSPS) is 11.5. The van der Waals surface area contributed by atoms with Crippen molar-refractivity contribution in [1.82, 2.24) is 44.0 Å². The van der Waals surface area contributed by atoms with Crippen LogP contribution < -0.4 is 0 Å². The molecule has 290 valence electrons. The molecule has 0 aliphatic rings. The van der Waals surface area contributed by atoms with E-state index in [9.17, 15) is 0 Å². The van der Waals surface area contributed by atoms with Crippen molar-refractivity contribution < 1.29 is 0 Å². The second-order valence-electron chi connectivity index (χ2n) is 15.1. The van der Waals surface area contributed by atoms with E-state index in [4.69, 9.17) is 15.0 Å². The minimum absolute atomic E-state index is 0.566. The molecule has 0 N–H and O–H groups in total. The van der Waals surface area contributed by atoms with E-state index < -0.39 is 0 Å². The Morgan fingerprint density at radius 2 is 0.710 bits per heavy atom. The standard InChI is InChI=1S/C53H33N9/c1-3-13-34(14-4-1)51-58-52(35-15-5-2-6-16-35)60-53(59-51)62-46-20-10-8-18-42(46)44-33-37(22-24-48(44)62)36-21-23-47-43(32-36)41-17-7-9-19-45(41)61(47)40-30-38(49-54-25-11-26-55-49)29-39(31-40)50-56-27-12-28-57-50/h1-33H. The SMILES string of the molecule is c1ccc(-c2nc(-c3ccccc3)nc(-n3c4ccccc4c4cc(-c5ccc6c(c5)c5ccccc5n6-c5cc(-c6ncccn6)cc(-c6ncccn6)c5)ccc43)n2)cc1. The summed E-state index contributed by atoms with van der Waals surface area (Å²) in [4.78, 5) is 33.6. The molecule has 0 amide bonds. The first-order chi connectivity index (χ1) is 30.7. The van der Waals surface area contributed by atoms with Crippen LogP contribution in [-0.2, 0) is 0 Å². The van der Waals surface area contributed by atoms with Gasteiger partial charge in [0.2, 0.25) is 5.95 Å². The lowest BCUT2D eigenvalue weighted by molar-refractivity contribution is 0.953. The third-order valence-corrected chi connectivity index (χ3v) is 11.4. The number of para-hydroxylation sites is 2. The molecule has 0 bridgehead atoms. The Kier molecular flexibility index (Phi) is 8.27. The Morgan fingerprint density at radius 1 is 0.274 bits per heavy atom. The molecule has 0 saturated carbocycles. The zero-order chi connectivity index (χ0) is 41.0. The monoisotopic (exact) mass is 795 g/mol. The van der Waals surface area contributed by atoms with E-state index >= 15 is 0 Å². The van der Waals surface area contributed by atoms with Gasteiger partial charge in [-0.15, -0.1) is 0 Å². The molecule has 0 aliphatic heterocycles. The summed E-state index contributed by atoms with van der Waals surface area (Å²) in [6, 6.07) is 60.6. The molecule has 9 heteroatoms. The minimum Gasteiger partial charge on any atom is -0.309 e. The molecule has 5 aromatic heterocycles. The molecular weight excluding hydrogens is 763 g/mol. The highest BCUT2D eigenvalue weighted by Gasteiger charge is 2.20. The molecule has 5 heterocycles. The van der Waals surface area contributed by atoms with Crippen molar-refractivity contribution in [3.8, 4) is 68.3 Å². The molecule has 62 heavy (non-hydrogen) atoms. The van der Waals surface area contributed by atoms with Gasteiger partial charge >= 0.3 is 0 Å². The zero-order valence-electron chi connectivity index (χ0n) is 33.1. The summed E-state index contributed by atoms with van der Waals surface area (Å²) in [5.41, 5.74) is 11.0. The lowest BCUT2D eigenvalue weighted by Gasteiger charge is -2.13. The summed E-state index contributed by atoms with van der Waals surface area (Å²) >= 11 is 0. The van der Waals surface area contributed by atoms with Gasteiger partial charge in [0.15, 0.2) is 23.3 Å². The molecule has 0 spiro atoms. The molecule has 12 aromatic rings. The van der Waals surface area contributed by atoms with E-state index in [0.29, 0.717) is 29.2 Å². The van der Waals surface area contributed by atoms with Crippen molar-refractivity contribution in [2.45, 2.75) is 0 Å². The first-order valence-corrected chi connectivity index (χ1v) is 20.4. The van der Waals surface area contributed by atoms with Crippen molar-refractivity contribution in [2.75, 3.05) is 0 Å². The second kappa shape index (κ2) is 14.5. The highest BCUT2D eigenvalue weighted by molar-refractivity contribution is 6.12. The van der Waals surface area contributed by atoms with Crippen LogP contribution in [0, 0.1) is 0 Å².